The van der Waals surface area contributed by atoms with E-state index in [0.717, 1.165) is 16.7 Å². The molecule has 0 aliphatic rings. The number of Topliss-reactive ketones (excluding diaryl/α,β-unsaturated/α-hetero) is 1. The minimum Gasteiger partial charge on any atom is -0.380 e. The van der Waals surface area contributed by atoms with Gasteiger partial charge >= 0.3 is 0 Å². The highest BCUT2D eigenvalue weighted by Gasteiger charge is 2.30. The summed E-state index contributed by atoms with van der Waals surface area (Å²) >= 11 is 0. The fourth-order valence-electron chi connectivity index (χ4n) is 3.25. The third-order valence-electron chi connectivity index (χ3n) is 4.79. The number of hydrogen-bond acceptors (Lipinski definition) is 3. The average Bonchev–Trinajstić information content (AvgIpc) is 2.75. The van der Waals surface area contributed by atoms with Crippen molar-refractivity contribution in [3.63, 3.8) is 0 Å². The van der Waals surface area contributed by atoms with Gasteiger partial charge in [-0.3, -0.25) is 4.79 Å². The van der Waals surface area contributed by atoms with E-state index in [9.17, 15) is 9.90 Å². The molecule has 3 aromatic rings. The van der Waals surface area contributed by atoms with Gasteiger partial charge in [0.2, 0.25) is 0 Å². The molecule has 0 unspecified atom stereocenters. The molecule has 0 bridgehead atoms. The first-order chi connectivity index (χ1) is 13.2. The molecule has 0 amide bonds. The molecule has 0 aliphatic heterocycles. The van der Waals surface area contributed by atoms with Gasteiger partial charge in [-0.25, -0.2) is 0 Å². The SMILES string of the molecule is O=C(CCNCCC(O)(c1ccccc1)c1ccccc1)c1ccccc1. The van der Waals surface area contributed by atoms with Crippen LogP contribution in [-0.4, -0.2) is 24.0 Å². The number of ketones is 1. The van der Waals surface area contributed by atoms with Crippen LogP contribution in [0.25, 0.3) is 0 Å². The topological polar surface area (TPSA) is 49.3 Å². The average molecular weight is 359 g/mol. The molecule has 0 saturated heterocycles. The summed E-state index contributed by atoms with van der Waals surface area (Å²) in [7, 11) is 0. The van der Waals surface area contributed by atoms with E-state index in [1.165, 1.54) is 0 Å². The zero-order valence-corrected chi connectivity index (χ0v) is 15.3. The molecule has 0 aliphatic carbocycles. The summed E-state index contributed by atoms with van der Waals surface area (Å²) in [6.45, 7) is 1.20. The Kier molecular flexibility index (Phi) is 6.53. The molecule has 0 fully saturated rings. The Morgan fingerprint density at radius 2 is 1.22 bits per heavy atom. The van der Waals surface area contributed by atoms with E-state index in [-0.39, 0.29) is 5.78 Å². The van der Waals surface area contributed by atoms with Crippen LogP contribution in [0.2, 0.25) is 0 Å². The Morgan fingerprint density at radius 3 is 1.74 bits per heavy atom. The first-order valence-electron chi connectivity index (χ1n) is 9.32. The largest absolute Gasteiger partial charge is 0.380 e. The smallest absolute Gasteiger partial charge is 0.164 e. The van der Waals surface area contributed by atoms with E-state index in [1.807, 2.05) is 91.0 Å². The van der Waals surface area contributed by atoms with Gasteiger partial charge in [0.25, 0.3) is 0 Å². The fourth-order valence-corrected chi connectivity index (χ4v) is 3.25. The Bertz CT molecular complexity index is 793. The van der Waals surface area contributed by atoms with Gasteiger partial charge in [0, 0.05) is 18.5 Å². The van der Waals surface area contributed by atoms with Crippen LogP contribution in [0.5, 0.6) is 0 Å². The lowest BCUT2D eigenvalue weighted by Crippen LogP contribution is -2.32. The molecule has 0 spiro atoms. The van der Waals surface area contributed by atoms with Gasteiger partial charge in [-0.2, -0.15) is 0 Å². The van der Waals surface area contributed by atoms with E-state index in [0.29, 0.717) is 25.9 Å². The second-order valence-corrected chi connectivity index (χ2v) is 6.63. The lowest BCUT2D eigenvalue weighted by Gasteiger charge is -2.29. The zero-order chi connectivity index (χ0) is 19.0. The second-order valence-electron chi connectivity index (χ2n) is 6.63. The van der Waals surface area contributed by atoms with Crippen molar-refractivity contribution in [2.45, 2.75) is 18.4 Å². The molecule has 138 valence electrons. The first-order valence-corrected chi connectivity index (χ1v) is 9.32. The summed E-state index contributed by atoms with van der Waals surface area (Å²) in [6, 6.07) is 28.8. The number of rotatable bonds is 9. The molecule has 0 radical (unpaired) electrons. The molecule has 3 heteroatoms. The van der Waals surface area contributed by atoms with Crippen molar-refractivity contribution >= 4 is 5.78 Å². The van der Waals surface area contributed by atoms with Crippen molar-refractivity contribution in [2.24, 2.45) is 0 Å². The van der Waals surface area contributed by atoms with Crippen molar-refractivity contribution in [1.29, 1.82) is 0 Å². The van der Waals surface area contributed by atoms with Crippen LogP contribution in [0.1, 0.15) is 34.3 Å². The van der Waals surface area contributed by atoms with Crippen molar-refractivity contribution in [1.82, 2.24) is 5.32 Å². The van der Waals surface area contributed by atoms with Crippen LogP contribution in [0.4, 0.5) is 0 Å². The Labute approximate surface area is 160 Å². The Balaban J connectivity index is 1.59. The van der Waals surface area contributed by atoms with E-state index in [2.05, 4.69) is 5.32 Å². The summed E-state index contributed by atoms with van der Waals surface area (Å²) in [6.07, 6.45) is 0.972. The van der Waals surface area contributed by atoms with E-state index < -0.39 is 5.60 Å². The summed E-state index contributed by atoms with van der Waals surface area (Å²) in [4.78, 5) is 12.2. The summed E-state index contributed by atoms with van der Waals surface area (Å²) in [5.74, 6) is 0.129. The fraction of sp³-hybridized carbons (Fsp3) is 0.208. The van der Waals surface area contributed by atoms with E-state index in [1.54, 1.807) is 0 Å². The summed E-state index contributed by atoms with van der Waals surface area (Å²) < 4.78 is 0. The van der Waals surface area contributed by atoms with Crippen LogP contribution in [-0.2, 0) is 5.60 Å². The Morgan fingerprint density at radius 1 is 0.741 bits per heavy atom. The van der Waals surface area contributed by atoms with Gasteiger partial charge in [0.1, 0.15) is 5.60 Å². The van der Waals surface area contributed by atoms with Crippen molar-refractivity contribution in [3.05, 3.63) is 108 Å². The number of carbonyl (C=O) groups excluding carboxylic acids is 1. The van der Waals surface area contributed by atoms with Gasteiger partial charge in [-0.1, -0.05) is 91.0 Å². The Hall–Kier alpha value is -2.75. The number of nitrogens with one attached hydrogen (secondary N) is 1. The first kappa shape index (κ1) is 19.0. The molecule has 0 heterocycles. The second kappa shape index (κ2) is 9.26. The molecule has 2 N–H and O–H groups in total. The molecule has 27 heavy (non-hydrogen) atoms. The molecular formula is C24H25NO2. The maximum absolute atomic E-state index is 12.2. The van der Waals surface area contributed by atoms with Gasteiger partial charge in [-0.05, 0) is 24.1 Å². The minimum absolute atomic E-state index is 0.129. The third kappa shape index (κ3) is 4.91. The van der Waals surface area contributed by atoms with Crippen molar-refractivity contribution < 1.29 is 9.90 Å². The monoisotopic (exact) mass is 359 g/mol. The van der Waals surface area contributed by atoms with E-state index >= 15 is 0 Å². The zero-order valence-electron chi connectivity index (χ0n) is 15.3. The normalized spacial score (nSPS) is 11.3. The van der Waals surface area contributed by atoms with Crippen molar-refractivity contribution in [3.8, 4) is 0 Å². The highest BCUT2D eigenvalue weighted by atomic mass is 16.3. The van der Waals surface area contributed by atoms with Gasteiger partial charge < -0.3 is 10.4 Å². The lowest BCUT2D eigenvalue weighted by atomic mass is 9.83. The maximum atomic E-state index is 12.2. The minimum atomic E-state index is -1.06. The molecule has 0 aromatic heterocycles. The van der Waals surface area contributed by atoms with Crippen LogP contribution in [0.3, 0.4) is 0 Å². The van der Waals surface area contributed by atoms with Gasteiger partial charge in [-0.15, -0.1) is 0 Å². The molecule has 0 saturated carbocycles. The number of hydrogen-bond donors (Lipinski definition) is 2. The van der Waals surface area contributed by atoms with Crippen molar-refractivity contribution in [2.75, 3.05) is 13.1 Å². The van der Waals surface area contributed by atoms with Crippen LogP contribution in [0.15, 0.2) is 91.0 Å². The van der Waals surface area contributed by atoms with Crippen LogP contribution in [0, 0.1) is 0 Å². The molecule has 3 rings (SSSR count). The predicted molar refractivity (Wildman–Crippen MR) is 109 cm³/mol. The lowest BCUT2D eigenvalue weighted by molar-refractivity contribution is 0.0711. The van der Waals surface area contributed by atoms with Gasteiger partial charge in [0.05, 0.1) is 0 Å². The standard InChI is InChI=1S/C24H25NO2/c26-23(20-10-4-1-5-11-20)16-18-25-19-17-24(27,21-12-6-2-7-13-21)22-14-8-3-9-15-22/h1-15,25,27H,16-19H2. The highest BCUT2D eigenvalue weighted by molar-refractivity contribution is 5.96. The molecule has 3 nitrogen and oxygen atoms in total. The summed E-state index contributed by atoms with van der Waals surface area (Å²) in [5.41, 5.74) is 1.43. The summed E-state index contributed by atoms with van der Waals surface area (Å²) in [5, 5.41) is 14.7. The third-order valence-corrected chi connectivity index (χ3v) is 4.79. The van der Waals surface area contributed by atoms with Crippen LogP contribution < -0.4 is 5.32 Å². The number of carbonyl (C=O) groups is 1. The van der Waals surface area contributed by atoms with Gasteiger partial charge in [0.15, 0.2) is 5.78 Å². The molecular weight excluding hydrogens is 334 g/mol. The van der Waals surface area contributed by atoms with Crippen LogP contribution >= 0.6 is 0 Å². The van der Waals surface area contributed by atoms with E-state index in [4.69, 9.17) is 0 Å². The molecule has 0 atom stereocenters. The molecule has 3 aromatic carbocycles. The maximum Gasteiger partial charge on any atom is 0.164 e. The number of benzene rings is 3. The predicted octanol–water partition coefficient (Wildman–Crippen LogP) is 4.18. The quantitative estimate of drug-likeness (QED) is 0.445. The number of aliphatic hydroxyl groups is 1. The highest BCUT2D eigenvalue weighted by Crippen LogP contribution is 2.32.